The molecule has 216 valence electrons. The van der Waals surface area contributed by atoms with Crippen LogP contribution >= 0.6 is 0 Å². The molecule has 1 fully saturated rings. The minimum Gasteiger partial charge on any atom is -0.397 e. The molecule has 0 radical (unpaired) electrons. The van der Waals surface area contributed by atoms with Crippen LogP contribution in [0, 0.1) is 0 Å². The maximum atomic E-state index is 12.7. The lowest BCUT2D eigenvalue weighted by Crippen LogP contribution is -2.46. The normalized spacial score (nSPS) is 20.1. The van der Waals surface area contributed by atoms with Crippen molar-refractivity contribution in [3.05, 3.63) is 84.5 Å². The van der Waals surface area contributed by atoms with Crippen LogP contribution in [-0.2, 0) is 4.79 Å². The molecule has 5 rings (SSSR count). The van der Waals surface area contributed by atoms with E-state index in [2.05, 4.69) is 78.1 Å². The van der Waals surface area contributed by atoms with E-state index in [1.54, 1.807) is 6.08 Å². The van der Waals surface area contributed by atoms with Crippen molar-refractivity contribution >= 4 is 34.2 Å². The Labute approximate surface area is 243 Å². The standard InChI is InChI=1S/C32H42N8O/c1-37-18-19-38(23-37)16-5-15-34-24-6-8-25(9-7-24)36-31-21-30(29(33)20-32(31)41)35-26-10-12-27(13-11-26)39-17-14-28(22-39)40(2,3)4/h6-13,18-21,28H,5,14-17,22-23H2,1-4H3,(H3-,33,34,35,36,41)/p+1. The summed E-state index contributed by atoms with van der Waals surface area (Å²) in [6.45, 7) is 4.98. The van der Waals surface area contributed by atoms with Crippen molar-refractivity contribution in [3.8, 4) is 0 Å². The zero-order valence-corrected chi connectivity index (χ0v) is 24.7. The average Bonchev–Trinajstić information content (AvgIpc) is 3.60. The second-order valence-corrected chi connectivity index (χ2v) is 12.0. The molecular weight excluding hydrogens is 512 g/mol. The molecular formula is C32H43N8O+. The van der Waals surface area contributed by atoms with Crippen molar-refractivity contribution < 1.29 is 9.28 Å². The molecule has 2 aromatic carbocycles. The summed E-state index contributed by atoms with van der Waals surface area (Å²) in [6.07, 6.45) is 9.64. The van der Waals surface area contributed by atoms with Crippen LogP contribution in [-0.4, -0.2) is 92.9 Å². The number of nitrogens with two attached hydrogens (primary N) is 1. The number of quaternary nitrogens is 1. The van der Waals surface area contributed by atoms with E-state index in [4.69, 9.17) is 10.7 Å². The van der Waals surface area contributed by atoms with E-state index < -0.39 is 0 Å². The molecule has 0 aromatic heterocycles. The van der Waals surface area contributed by atoms with Gasteiger partial charge in [-0.1, -0.05) is 0 Å². The average molecular weight is 556 g/mol. The Morgan fingerprint density at radius 3 is 2.39 bits per heavy atom. The van der Waals surface area contributed by atoms with Crippen LogP contribution in [0.5, 0.6) is 0 Å². The third kappa shape index (κ3) is 7.29. The number of hydrogen-bond acceptors (Lipinski definition) is 8. The van der Waals surface area contributed by atoms with Crippen molar-refractivity contribution in [1.82, 2.24) is 9.80 Å². The van der Waals surface area contributed by atoms with Gasteiger partial charge in [0.1, 0.15) is 6.04 Å². The highest BCUT2D eigenvalue weighted by molar-refractivity contribution is 6.23. The van der Waals surface area contributed by atoms with Crippen LogP contribution in [0.3, 0.4) is 0 Å². The van der Waals surface area contributed by atoms with E-state index in [1.165, 1.54) is 18.2 Å². The van der Waals surface area contributed by atoms with Crippen LogP contribution in [0.15, 0.2) is 89.5 Å². The first-order valence-electron chi connectivity index (χ1n) is 14.4. The van der Waals surface area contributed by atoms with Crippen LogP contribution in [0.4, 0.5) is 22.7 Å². The predicted molar refractivity (Wildman–Crippen MR) is 169 cm³/mol. The van der Waals surface area contributed by atoms with Crippen molar-refractivity contribution in [2.45, 2.75) is 18.9 Å². The van der Waals surface area contributed by atoms with Gasteiger partial charge in [-0.05, 0) is 61.0 Å². The summed E-state index contributed by atoms with van der Waals surface area (Å²) in [7, 11) is 8.87. The van der Waals surface area contributed by atoms with Gasteiger partial charge in [0.15, 0.2) is 0 Å². The van der Waals surface area contributed by atoms with E-state index in [9.17, 15) is 4.79 Å². The van der Waals surface area contributed by atoms with Gasteiger partial charge in [-0.25, -0.2) is 4.99 Å². The van der Waals surface area contributed by atoms with Crippen molar-refractivity contribution in [3.63, 3.8) is 0 Å². The molecule has 0 bridgehead atoms. The highest BCUT2D eigenvalue weighted by Crippen LogP contribution is 2.27. The van der Waals surface area contributed by atoms with Crippen molar-refractivity contribution in [2.75, 3.05) is 76.6 Å². The summed E-state index contributed by atoms with van der Waals surface area (Å²) in [5.41, 5.74) is 11.5. The third-order valence-corrected chi connectivity index (χ3v) is 7.90. The van der Waals surface area contributed by atoms with Gasteiger partial charge >= 0.3 is 0 Å². The minimum absolute atomic E-state index is 0.165. The zero-order chi connectivity index (χ0) is 29.0. The topological polar surface area (TPSA) is 89.2 Å². The van der Waals surface area contributed by atoms with Crippen molar-refractivity contribution in [2.24, 2.45) is 10.7 Å². The number of hydrogen-bond donors (Lipinski definition) is 3. The quantitative estimate of drug-likeness (QED) is 0.233. The van der Waals surface area contributed by atoms with E-state index >= 15 is 0 Å². The lowest BCUT2D eigenvalue weighted by Gasteiger charge is -2.31. The molecule has 1 aliphatic carbocycles. The minimum atomic E-state index is -0.165. The van der Waals surface area contributed by atoms with Gasteiger partial charge < -0.3 is 35.6 Å². The lowest BCUT2D eigenvalue weighted by molar-refractivity contribution is -0.893. The predicted octanol–water partition coefficient (Wildman–Crippen LogP) is 3.94. The smallest absolute Gasteiger partial charge is 0.204 e. The van der Waals surface area contributed by atoms with E-state index in [0.717, 1.165) is 60.8 Å². The maximum Gasteiger partial charge on any atom is 0.204 e. The molecule has 9 nitrogen and oxygen atoms in total. The lowest BCUT2D eigenvalue weighted by atomic mass is 10.1. The highest BCUT2D eigenvalue weighted by Gasteiger charge is 2.32. The van der Waals surface area contributed by atoms with Crippen LogP contribution < -0.4 is 21.3 Å². The molecule has 2 aliphatic heterocycles. The summed E-state index contributed by atoms with van der Waals surface area (Å²) < 4.78 is 0.978. The Kier molecular flexibility index (Phi) is 8.35. The number of carbonyl (C=O) groups is 1. The zero-order valence-electron chi connectivity index (χ0n) is 24.7. The molecule has 1 atom stereocenters. The van der Waals surface area contributed by atoms with Gasteiger partial charge in [0.2, 0.25) is 5.78 Å². The SMILES string of the molecule is CN1C=CN(CCCNc2ccc(NC3=CC(=Nc4ccc(N5CCC([N+](C)(C)C)C5)cc4)C(N)=CC3=O)cc2)C1. The second-order valence-electron chi connectivity index (χ2n) is 12.0. The number of aliphatic imine (C=N–C) groups is 1. The molecule has 0 spiro atoms. The Bertz CT molecular complexity index is 1350. The number of carbonyl (C=O) groups excluding carboxylic acids is 1. The van der Waals surface area contributed by atoms with Gasteiger partial charge in [0.25, 0.3) is 0 Å². The molecule has 9 heteroatoms. The molecule has 2 heterocycles. The molecule has 1 unspecified atom stereocenters. The summed E-state index contributed by atoms with van der Waals surface area (Å²) in [5, 5.41) is 6.71. The maximum absolute atomic E-state index is 12.7. The Morgan fingerprint density at radius 2 is 1.73 bits per heavy atom. The Morgan fingerprint density at radius 1 is 1.00 bits per heavy atom. The number of rotatable bonds is 10. The molecule has 0 amide bonds. The Hall–Kier alpha value is -4.24. The first-order valence-corrected chi connectivity index (χ1v) is 14.4. The van der Waals surface area contributed by atoms with E-state index in [0.29, 0.717) is 23.1 Å². The molecule has 3 aliphatic rings. The van der Waals surface area contributed by atoms with Gasteiger partial charge in [0, 0.05) is 68.6 Å². The first-order chi connectivity index (χ1) is 19.6. The molecule has 0 saturated carbocycles. The van der Waals surface area contributed by atoms with E-state index in [1.807, 2.05) is 36.4 Å². The van der Waals surface area contributed by atoms with Gasteiger partial charge in [-0.3, -0.25) is 4.79 Å². The van der Waals surface area contributed by atoms with Gasteiger partial charge in [-0.2, -0.15) is 0 Å². The first kappa shape index (κ1) is 28.3. The molecule has 41 heavy (non-hydrogen) atoms. The van der Waals surface area contributed by atoms with Crippen LogP contribution in [0.25, 0.3) is 0 Å². The highest BCUT2D eigenvalue weighted by atomic mass is 16.1. The van der Waals surface area contributed by atoms with Crippen LogP contribution in [0.2, 0.25) is 0 Å². The number of anilines is 3. The Balaban J connectivity index is 1.17. The van der Waals surface area contributed by atoms with E-state index in [-0.39, 0.29) is 5.78 Å². The largest absolute Gasteiger partial charge is 0.397 e. The molecule has 4 N–H and O–H groups in total. The van der Waals surface area contributed by atoms with Crippen molar-refractivity contribution in [1.29, 1.82) is 0 Å². The summed E-state index contributed by atoms with van der Waals surface area (Å²) in [6, 6.07) is 16.9. The second kappa shape index (κ2) is 12.1. The molecule has 2 aromatic rings. The number of allylic oxidation sites excluding steroid dienone is 2. The molecule has 1 saturated heterocycles. The summed E-state index contributed by atoms with van der Waals surface area (Å²) in [4.78, 5) is 24.3. The summed E-state index contributed by atoms with van der Waals surface area (Å²) in [5.74, 6) is -0.165. The van der Waals surface area contributed by atoms with Gasteiger partial charge in [-0.15, -0.1) is 0 Å². The number of benzene rings is 2. The third-order valence-electron chi connectivity index (χ3n) is 7.90. The summed E-state index contributed by atoms with van der Waals surface area (Å²) >= 11 is 0. The van der Waals surface area contributed by atoms with Gasteiger partial charge in [0.05, 0.1) is 57.1 Å². The fourth-order valence-corrected chi connectivity index (χ4v) is 5.34. The number of nitrogens with one attached hydrogen (secondary N) is 2. The number of nitrogens with zero attached hydrogens (tertiary/aromatic N) is 5. The monoisotopic (exact) mass is 555 g/mol. The van der Waals surface area contributed by atoms with Crippen LogP contribution in [0.1, 0.15) is 12.8 Å². The number of likely N-dealkylation sites (N-methyl/N-ethyl adjacent to an activating group) is 1. The fraction of sp³-hybridized carbons (Fsp3) is 0.375. The number of ketones is 1. The fourth-order valence-electron chi connectivity index (χ4n) is 5.34.